The van der Waals surface area contributed by atoms with E-state index < -0.39 is 13.4 Å². The summed E-state index contributed by atoms with van der Waals surface area (Å²) in [7, 11) is -4.67. The van der Waals surface area contributed by atoms with Gasteiger partial charge in [-0.15, -0.1) is 0 Å². The van der Waals surface area contributed by atoms with Crippen LogP contribution >= 0.6 is 7.60 Å². The minimum Gasteiger partial charge on any atom is -0.618 e. The van der Waals surface area contributed by atoms with Gasteiger partial charge in [-0.05, 0) is 6.07 Å². The molecule has 1 aromatic rings. The molecule has 7 heteroatoms. The van der Waals surface area contributed by atoms with E-state index in [1.54, 1.807) is 0 Å². The molecule has 1 aromatic heterocycles. The van der Waals surface area contributed by atoms with E-state index in [4.69, 9.17) is 14.9 Å². The highest BCUT2D eigenvalue weighted by molar-refractivity contribution is 7.51. The Kier molecular flexibility index (Phi) is 2.68. The molecule has 0 radical (unpaired) electrons. The van der Waals surface area contributed by atoms with Crippen LogP contribution in [0.5, 0.6) is 0 Å². The van der Waals surface area contributed by atoms with Crippen LogP contribution in [0, 0.1) is 5.21 Å². The first kappa shape index (κ1) is 10.1. The Morgan fingerprint density at radius 1 is 1.46 bits per heavy atom. The van der Waals surface area contributed by atoms with E-state index in [0.717, 1.165) is 12.3 Å². The van der Waals surface area contributed by atoms with E-state index in [1.165, 1.54) is 12.1 Å². The molecule has 1 rings (SSSR count). The Balaban J connectivity index is 3.09. The Morgan fingerprint density at radius 2 is 2.08 bits per heavy atom. The molecule has 0 fully saturated rings. The summed E-state index contributed by atoms with van der Waals surface area (Å²) < 4.78 is 10.8. The summed E-state index contributed by atoms with van der Waals surface area (Å²) in [5.41, 5.74) is -0.365. The summed E-state index contributed by atoms with van der Waals surface area (Å²) in [6, 6.07) is 3.95. The first-order valence-corrected chi connectivity index (χ1v) is 5.02. The number of rotatable bonds is 2. The van der Waals surface area contributed by atoms with Gasteiger partial charge in [-0.3, -0.25) is 4.57 Å². The summed E-state index contributed by atoms with van der Waals surface area (Å²) in [5, 5.41) is 20.0. The van der Waals surface area contributed by atoms with E-state index in [9.17, 15) is 9.77 Å². The maximum absolute atomic E-state index is 10.9. The number of aromatic nitrogens is 1. The van der Waals surface area contributed by atoms with Gasteiger partial charge < -0.3 is 20.1 Å². The van der Waals surface area contributed by atoms with Crippen molar-refractivity contribution in [2.24, 2.45) is 0 Å². The van der Waals surface area contributed by atoms with Crippen molar-refractivity contribution in [1.82, 2.24) is 0 Å². The quantitative estimate of drug-likeness (QED) is 0.342. The third-order valence-corrected chi connectivity index (χ3v) is 2.34. The monoisotopic (exact) mass is 205 g/mol. The summed E-state index contributed by atoms with van der Waals surface area (Å²) in [5.74, 6) is -2.06. The van der Waals surface area contributed by atoms with Crippen LogP contribution in [0.15, 0.2) is 24.4 Å². The maximum Gasteiger partial charge on any atom is 0.364 e. The Hall–Kier alpha value is -0.940. The molecule has 3 N–H and O–H groups in total. The van der Waals surface area contributed by atoms with Crippen molar-refractivity contribution < 1.29 is 24.2 Å². The maximum atomic E-state index is 10.9. The molecule has 0 bridgehead atoms. The molecule has 0 spiro atoms. The van der Waals surface area contributed by atoms with Crippen molar-refractivity contribution in [3.8, 4) is 0 Å². The van der Waals surface area contributed by atoms with Crippen LogP contribution in [0.25, 0.3) is 0 Å². The lowest BCUT2D eigenvalue weighted by molar-refractivity contribution is -0.617. The van der Waals surface area contributed by atoms with Gasteiger partial charge in [0.15, 0.2) is 6.20 Å². The molecule has 0 aliphatic rings. The highest BCUT2D eigenvalue weighted by atomic mass is 31.2. The van der Waals surface area contributed by atoms with Crippen LogP contribution in [0.4, 0.5) is 0 Å². The average molecular weight is 205 g/mol. The van der Waals surface area contributed by atoms with Gasteiger partial charge >= 0.3 is 7.60 Å². The van der Waals surface area contributed by atoms with Gasteiger partial charge in [0, 0.05) is 12.1 Å². The van der Waals surface area contributed by atoms with Gasteiger partial charge in [0.25, 0.3) is 0 Å². The molecule has 0 amide bonds. The molecule has 1 atom stereocenters. The van der Waals surface area contributed by atoms with Crippen molar-refractivity contribution in [2.75, 3.05) is 0 Å². The van der Waals surface area contributed by atoms with Crippen molar-refractivity contribution in [2.45, 2.75) is 5.85 Å². The first-order valence-electron chi connectivity index (χ1n) is 3.34. The topological polar surface area (TPSA) is 105 Å². The fraction of sp³-hybridized carbons (Fsp3) is 0.167. The second-order valence-corrected chi connectivity index (χ2v) is 4.08. The van der Waals surface area contributed by atoms with Crippen LogP contribution in [-0.2, 0) is 4.57 Å². The second-order valence-electron chi connectivity index (χ2n) is 2.41. The first-order chi connectivity index (χ1) is 5.93. The number of hydrogen-bond acceptors (Lipinski definition) is 3. The Labute approximate surface area is 73.8 Å². The molecule has 72 valence electrons. The standard InChI is InChI=1S/C6H8NO5P/c8-6(13(10,11)12)5-3-1-2-4-7(5)9/h1-4,6,8H,(H2,10,11,12)/t6-/m0/s1. The highest BCUT2D eigenvalue weighted by Crippen LogP contribution is 2.48. The minimum absolute atomic E-state index is 0.212. The van der Waals surface area contributed by atoms with Crippen LogP contribution in [0.1, 0.15) is 11.5 Å². The zero-order chi connectivity index (χ0) is 10.1. The molecule has 13 heavy (non-hydrogen) atoms. The highest BCUT2D eigenvalue weighted by Gasteiger charge is 2.33. The van der Waals surface area contributed by atoms with Gasteiger partial charge in [-0.1, -0.05) is 0 Å². The number of pyridine rings is 1. The average Bonchev–Trinajstić information content (AvgIpc) is 2.02. The van der Waals surface area contributed by atoms with Crippen LogP contribution in [0.3, 0.4) is 0 Å². The predicted octanol–water partition coefficient (Wildman–Crippen LogP) is -0.511. The van der Waals surface area contributed by atoms with E-state index >= 15 is 0 Å². The molecule has 0 saturated carbocycles. The third kappa shape index (κ3) is 2.26. The second kappa shape index (κ2) is 3.43. The molecule has 6 nitrogen and oxygen atoms in total. The summed E-state index contributed by atoms with van der Waals surface area (Å²) >= 11 is 0. The third-order valence-electron chi connectivity index (χ3n) is 1.44. The predicted molar refractivity (Wildman–Crippen MR) is 42.4 cm³/mol. The van der Waals surface area contributed by atoms with E-state index in [0.29, 0.717) is 0 Å². The van der Waals surface area contributed by atoms with Crippen molar-refractivity contribution in [3.63, 3.8) is 0 Å². The SMILES string of the molecule is O=P(O)(O)[C@H](O)c1cccc[n+]1[O-]. The lowest BCUT2D eigenvalue weighted by atomic mass is 10.4. The van der Waals surface area contributed by atoms with Crippen LogP contribution < -0.4 is 4.73 Å². The zero-order valence-electron chi connectivity index (χ0n) is 6.44. The summed E-state index contributed by atoms with van der Waals surface area (Å²) in [6.07, 6.45) is 1.05. The van der Waals surface area contributed by atoms with Gasteiger partial charge in [-0.25, -0.2) is 0 Å². The molecule has 1 heterocycles. The van der Waals surface area contributed by atoms with Crippen molar-refractivity contribution in [1.29, 1.82) is 0 Å². The molecule has 0 aromatic carbocycles. The fourth-order valence-corrected chi connectivity index (χ4v) is 1.36. The number of hydrogen-bond donors (Lipinski definition) is 3. The number of aliphatic hydroxyl groups excluding tert-OH is 1. The smallest absolute Gasteiger partial charge is 0.364 e. The van der Waals surface area contributed by atoms with E-state index in [-0.39, 0.29) is 10.4 Å². The lowest BCUT2D eigenvalue weighted by Gasteiger charge is -2.11. The molecular weight excluding hydrogens is 197 g/mol. The van der Waals surface area contributed by atoms with E-state index in [2.05, 4.69) is 0 Å². The number of aliphatic hydroxyl groups is 1. The van der Waals surface area contributed by atoms with E-state index in [1.807, 2.05) is 0 Å². The Bertz CT molecular complexity index is 349. The molecule has 0 saturated heterocycles. The summed E-state index contributed by atoms with van der Waals surface area (Å²) in [6.45, 7) is 0. The van der Waals surface area contributed by atoms with Crippen molar-refractivity contribution in [3.05, 3.63) is 35.3 Å². The van der Waals surface area contributed by atoms with Gasteiger partial charge in [-0.2, -0.15) is 4.73 Å². The van der Waals surface area contributed by atoms with Crippen LogP contribution in [0.2, 0.25) is 0 Å². The minimum atomic E-state index is -4.67. The summed E-state index contributed by atoms with van der Waals surface area (Å²) in [4.78, 5) is 17.1. The number of nitrogens with zero attached hydrogens (tertiary/aromatic N) is 1. The molecule has 0 aliphatic carbocycles. The van der Waals surface area contributed by atoms with Gasteiger partial charge in [0.2, 0.25) is 11.5 Å². The van der Waals surface area contributed by atoms with Crippen LogP contribution in [-0.4, -0.2) is 14.9 Å². The van der Waals surface area contributed by atoms with Gasteiger partial charge in [0.05, 0.1) is 0 Å². The lowest BCUT2D eigenvalue weighted by Crippen LogP contribution is -2.32. The fourth-order valence-electron chi connectivity index (χ4n) is 0.814. The molecule has 0 unspecified atom stereocenters. The Morgan fingerprint density at radius 3 is 2.54 bits per heavy atom. The van der Waals surface area contributed by atoms with Gasteiger partial charge in [0.1, 0.15) is 0 Å². The molecule has 0 aliphatic heterocycles. The van der Waals surface area contributed by atoms with Crippen molar-refractivity contribution >= 4 is 7.60 Å². The normalized spacial score (nSPS) is 14.1. The largest absolute Gasteiger partial charge is 0.618 e. The zero-order valence-corrected chi connectivity index (χ0v) is 7.33. The molecular formula is C6H8NO5P.